The minimum atomic E-state index is -3.98. The lowest BCUT2D eigenvalue weighted by molar-refractivity contribution is -0.385. The molecule has 0 bridgehead atoms. The molecule has 0 aliphatic carbocycles. The summed E-state index contributed by atoms with van der Waals surface area (Å²) < 4.78 is 25.8. The number of carbonyl (C=O) groups excluding carboxylic acids is 1. The molecule has 1 saturated heterocycles. The number of amides is 1. The van der Waals surface area contributed by atoms with Crippen LogP contribution in [0.2, 0.25) is 0 Å². The van der Waals surface area contributed by atoms with Crippen LogP contribution in [0.5, 0.6) is 0 Å². The summed E-state index contributed by atoms with van der Waals surface area (Å²) in [5.74, 6) is -0.390. The van der Waals surface area contributed by atoms with Crippen LogP contribution in [-0.2, 0) is 14.8 Å². The highest BCUT2D eigenvalue weighted by Gasteiger charge is 2.25. The lowest BCUT2D eigenvalue weighted by Gasteiger charge is -2.25. The lowest BCUT2D eigenvalue weighted by atomic mass is 10.1. The average Bonchev–Trinajstić information content (AvgIpc) is 2.55. The molecule has 2 N–H and O–H groups in total. The van der Waals surface area contributed by atoms with Crippen LogP contribution < -0.4 is 10.6 Å². The number of non-ortho nitro benzene ring substituents is 1. The van der Waals surface area contributed by atoms with Gasteiger partial charge in [0.1, 0.15) is 0 Å². The first-order chi connectivity index (χ1) is 11.3. The van der Waals surface area contributed by atoms with Crippen LogP contribution >= 0.6 is 0 Å². The van der Waals surface area contributed by atoms with Crippen molar-refractivity contribution in [3.8, 4) is 0 Å². The lowest BCUT2D eigenvalue weighted by Crippen LogP contribution is -2.46. The van der Waals surface area contributed by atoms with Gasteiger partial charge in [0.25, 0.3) is 5.69 Å². The maximum Gasteiger partial charge on any atom is 0.270 e. The molecule has 132 valence electrons. The molecule has 0 radical (unpaired) electrons. The minimum Gasteiger partial charge on any atom is -0.352 e. The maximum atomic E-state index is 12.4. The standard InChI is InChI=1S/C14H20N4O5S/c1-17(10-14(19)16-11-5-7-15-8-6-11)24(22,23)13-4-2-3-12(9-13)18(20)21/h2-4,9,11,15H,5-8,10H2,1H3,(H,16,19). The molecule has 0 unspecified atom stereocenters. The molecule has 1 fully saturated rings. The van der Waals surface area contributed by atoms with Crippen LogP contribution in [0, 0.1) is 10.1 Å². The Labute approximate surface area is 140 Å². The van der Waals surface area contributed by atoms with Gasteiger partial charge in [0.05, 0.1) is 16.4 Å². The molecule has 1 aliphatic heterocycles. The Bertz CT molecular complexity index is 716. The zero-order valence-electron chi connectivity index (χ0n) is 13.3. The summed E-state index contributed by atoms with van der Waals surface area (Å²) in [6, 6.07) is 4.80. The highest BCUT2D eigenvalue weighted by Crippen LogP contribution is 2.20. The molecule has 0 saturated carbocycles. The molecule has 1 amide bonds. The zero-order chi connectivity index (χ0) is 17.7. The van der Waals surface area contributed by atoms with E-state index in [0.717, 1.165) is 36.3 Å². The fourth-order valence-corrected chi connectivity index (χ4v) is 3.63. The van der Waals surface area contributed by atoms with Crippen LogP contribution in [0.4, 0.5) is 5.69 Å². The third-order valence-corrected chi connectivity index (χ3v) is 5.61. The van der Waals surface area contributed by atoms with Crippen LogP contribution in [0.1, 0.15) is 12.8 Å². The largest absolute Gasteiger partial charge is 0.352 e. The van der Waals surface area contributed by atoms with Crippen LogP contribution in [0.3, 0.4) is 0 Å². The van der Waals surface area contributed by atoms with Crippen molar-refractivity contribution in [2.24, 2.45) is 0 Å². The van der Waals surface area contributed by atoms with Gasteiger partial charge in [0.2, 0.25) is 15.9 Å². The second-order valence-corrected chi connectivity index (χ2v) is 7.65. The van der Waals surface area contributed by atoms with Crippen molar-refractivity contribution < 1.29 is 18.1 Å². The quantitative estimate of drug-likeness (QED) is 0.550. The van der Waals surface area contributed by atoms with Gasteiger partial charge in [0.15, 0.2) is 0 Å². The number of benzene rings is 1. The number of nitro groups is 1. The van der Waals surface area contributed by atoms with Gasteiger partial charge < -0.3 is 10.6 Å². The van der Waals surface area contributed by atoms with E-state index in [9.17, 15) is 23.3 Å². The fraction of sp³-hybridized carbons (Fsp3) is 0.500. The number of hydrogen-bond donors (Lipinski definition) is 2. The number of nitrogens with zero attached hydrogens (tertiary/aromatic N) is 2. The average molecular weight is 356 g/mol. The van der Waals surface area contributed by atoms with E-state index in [-0.39, 0.29) is 23.2 Å². The van der Waals surface area contributed by atoms with Crippen molar-refractivity contribution in [3.63, 3.8) is 0 Å². The predicted molar refractivity (Wildman–Crippen MR) is 86.9 cm³/mol. The van der Waals surface area contributed by atoms with E-state index in [2.05, 4.69) is 10.6 Å². The molecule has 0 aromatic heterocycles. The molecule has 1 heterocycles. The van der Waals surface area contributed by atoms with Crippen LogP contribution in [0.15, 0.2) is 29.2 Å². The van der Waals surface area contributed by atoms with Crippen molar-refractivity contribution in [2.45, 2.75) is 23.8 Å². The Kier molecular flexibility index (Phi) is 5.86. The van der Waals surface area contributed by atoms with Crippen LogP contribution in [0.25, 0.3) is 0 Å². The highest BCUT2D eigenvalue weighted by molar-refractivity contribution is 7.89. The van der Waals surface area contributed by atoms with E-state index in [1.54, 1.807) is 0 Å². The minimum absolute atomic E-state index is 0.0349. The van der Waals surface area contributed by atoms with E-state index in [0.29, 0.717) is 0 Å². The fourth-order valence-electron chi connectivity index (χ4n) is 2.46. The smallest absolute Gasteiger partial charge is 0.270 e. The third kappa shape index (κ3) is 4.49. The Morgan fingerprint density at radius 3 is 2.71 bits per heavy atom. The van der Waals surface area contributed by atoms with Gasteiger partial charge in [-0.2, -0.15) is 4.31 Å². The Hall–Kier alpha value is -2.04. The normalized spacial score (nSPS) is 16.1. The maximum absolute atomic E-state index is 12.4. The van der Waals surface area contributed by atoms with E-state index >= 15 is 0 Å². The van der Waals surface area contributed by atoms with Crippen LogP contribution in [-0.4, -0.2) is 56.3 Å². The number of hydrogen-bond acceptors (Lipinski definition) is 6. The van der Waals surface area contributed by atoms with Gasteiger partial charge in [-0.15, -0.1) is 0 Å². The second-order valence-electron chi connectivity index (χ2n) is 5.61. The molecular weight excluding hydrogens is 336 g/mol. The Balaban J connectivity index is 2.04. The summed E-state index contributed by atoms with van der Waals surface area (Å²) in [4.78, 5) is 21.9. The van der Waals surface area contributed by atoms with Crippen molar-refractivity contribution in [1.82, 2.24) is 14.9 Å². The van der Waals surface area contributed by atoms with Crippen molar-refractivity contribution in [3.05, 3.63) is 34.4 Å². The number of nitrogens with one attached hydrogen (secondary N) is 2. The first-order valence-electron chi connectivity index (χ1n) is 7.51. The summed E-state index contributed by atoms with van der Waals surface area (Å²) in [6.45, 7) is 1.29. The summed E-state index contributed by atoms with van der Waals surface area (Å²) >= 11 is 0. The SMILES string of the molecule is CN(CC(=O)NC1CCNCC1)S(=O)(=O)c1cccc([N+](=O)[O-])c1. The predicted octanol–water partition coefficient (Wildman–Crippen LogP) is 0.0835. The number of likely N-dealkylation sites (N-methyl/N-ethyl adjacent to an activating group) is 1. The van der Waals surface area contributed by atoms with Gasteiger partial charge in [-0.25, -0.2) is 8.42 Å². The summed E-state index contributed by atoms with van der Waals surface area (Å²) in [6.07, 6.45) is 1.60. The van der Waals surface area contributed by atoms with Gasteiger partial charge in [0, 0.05) is 25.2 Å². The molecule has 9 nitrogen and oxygen atoms in total. The molecule has 24 heavy (non-hydrogen) atoms. The molecule has 1 aromatic rings. The number of rotatable bonds is 6. The third-order valence-electron chi connectivity index (χ3n) is 3.81. The second kappa shape index (κ2) is 7.69. The van der Waals surface area contributed by atoms with E-state index in [4.69, 9.17) is 0 Å². The molecule has 1 aliphatic rings. The van der Waals surface area contributed by atoms with Gasteiger partial charge in [-0.05, 0) is 32.0 Å². The molecule has 10 heteroatoms. The Morgan fingerprint density at radius 1 is 1.42 bits per heavy atom. The molecule has 0 spiro atoms. The van der Waals surface area contributed by atoms with Crippen molar-refractivity contribution in [2.75, 3.05) is 26.7 Å². The summed E-state index contributed by atoms with van der Waals surface area (Å²) in [5.41, 5.74) is -0.316. The highest BCUT2D eigenvalue weighted by atomic mass is 32.2. The topological polar surface area (TPSA) is 122 Å². The number of piperidine rings is 1. The van der Waals surface area contributed by atoms with Gasteiger partial charge in [-0.1, -0.05) is 6.07 Å². The molecule has 2 rings (SSSR count). The van der Waals surface area contributed by atoms with E-state index in [1.807, 2.05) is 0 Å². The molecule has 1 aromatic carbocycles. The summed E-state index contributed by atoms with van der Waals surface area (Å²) in [7, 11) is -2.70. The van der Waals surface area contributed by atoms with Crippen molar-refractivity contribution >= 4 is 21.6 Å². The molecule has 0 atom stereocenters. The zero-order valence-corrected chi connectivity index (χ0v) is 14.1. The van der Waals surface area contributed by atoms with Gasteiger partial charge >= 0.3 is 0 Å². The Morgan fingerprint density at radius 2 is 2.08 bits per heavy atom. The number of carbonyl (C=O) groups is 1. The first kappa shape index (κ1) is 18.3. The number of sulfonamides is 1. The van der Waals surface area contributed by atoms with E-state index < -0.39 is 20.9 Å². The number of nitro benzene ring substituents is 1. The monoisotopic (exact) mass is 356 g/mol. The van der Waals surface area contributed by atoms with Crippen molar-refractivity contribution in [1.29, 1.82) is 0 Å². The van der Waals surface area contributed by atoms with E-state index in [1.165, 1.54) is 25.2 Å². The van der Waals surface area contributed by atoms with Gasteiger partial charge in [-0.3, -0.25) is 14.9 Å². The first-order valence-corrected chi connectivity index (χ1v) is 8.95. The molecular formula is C14H20N4O5S. The summed E-state index contributed by atoms with van der Waals surface area (Å²) in [5, 5.41) is 16.8.